The van der Waals surface area contributed by atoms with Gasteiger partial charge >= 0.3 is 0 Å². The van der Waals surface area contributed by atoms with E-state index in [0.717, 1.165) is 26.2 Å². The van der Waals surface area contributed by atoms with Gasteiger partial charge in [-0.05, 0) is 47.7 Å². The van der Waals surface area contributed by atoms with Gasteiger partial charge in [0.15, 0.2) is 0 Å². The number of hydrogen-bond donors (Lipinski definition) is 0. The second-order valence-corrected chi connectivity index (χ2v) is 5.64. The molecule has 0 fully saturated rings. The van der Waals surface area contributed by atoms with Crippen molar-refractivity contribution < 1.29 is 4.74 Å². The molecule has 2 aromatic heterocycles. The first-order chi connectivity index (χ1) is 9.70. The number of fused-ring (bicyclic) bond motifs is 1. The van der Waals surface area contributed by atoms with Crippen molar-refractivity contribution in [3.05, 3.63) is 40.7 Å². The highest BCUT2D eigenvalue weighted by atomic mass is 127. The van der Waals surface area contributed by atoms with Crippen LogP contribution in [0, 0.1) is 0 Å². The lowest BCUT2D eigenvalue weighted by molar-refractivity contribution is 0.328. The number of rotatable bonds is 3. The van der Waals surface area contributed by atoms with E-state index in [1.54, 1.807) is 6.20 Å². The zero-order valence-electron chi connectivity index (χ0n) is 10.7. The molecule has 0 unspecified atom stereocenters. The van der Waals surface area contributed by atoms with E-state index in [1.807, 2.05) is 25.1 Å². The van der Waals surface area contributed by atoms with E-state index in [1.165, 1.54) is 0 Å². The van der Waals surface area contributed by atoms with Crippen molar-refractivity contribution in [2.24, 2.45) is 4.99 Å². The van der Waals surface area contributed by atoms with Gasteiger partial charge in [-0.3, -0.25) is 4.99 Å². The SMILES string of the molecule is CCOc1ncccc1-c1cc(Cl)c2c(n1)C(I)=NC2. The molecule has 3 rings (SSSR count). The quantitative estimate of drug-likeness (QED) is 0.736. The summed E-state index contributed by atoms with van der Waals surface area (Å²) in [5, 5.41) is 0.687. The molecule has 0 radical (unpaired) electrons. The molecule has 0 saturated heterocycles. The van der Waals surface area contributed by atoms with Gasteiger partial charge in [-0.1, -0.05) is 11.6 Å². The smallest absolute Gasteiger partial charge is 0.222 e. The van der Waals surface area contributed by atoms with Crippen LogP contribution in [-0.2, 0) is 6.54 Å². The summed E-state index contributed by atoms with van der Waals surface area (Å²) >= 11 is 8.53. The molecule has 0 amide bonds. The van der Waals surface area contributed by atoms with Gasteiger partial charge in [-0.2, -0.15) is 0 Å². The Bertz CT molecular complexity index is 703. The van der Waals surface area contributed by atoms with E-state index in [2.05, 4.69) is 37.6 Å². The molecule has 0 spiro atoms. The summed E-state index contributed by atoms with van der Waals surface area (Å²) in [4.78, 5) is 13.3. The number of aliphatic imine (C=N–C) groups is 1. The van der Waals surface area contributed by atoms with Gasteiger partial charge in [0.05, 0.1) is 29.4 Å². The number of nitrogens with zero attached hydrogens (tertiary/aromatic N) is 3. The van der Waals surface area contributed by atoms with Crippen molar-refractivity contribution in [2.45, 2.75) is 13.5 Å². The zero-order valence-corrected chi connectivity index (χ0v) is 13.6. The molecule has 1 aliphatic rings. The summed E-state index contributed by atoms with van der Waals surface area (Å²) < 4.78 is 6.44. The predicted molar refractivity (Wildman–Crippen MR) is 87.9 cm³/mol. The van der Waals surface area contributed by atoms with E-state index in [4.69, 9.17) is 16.3 Å². The van der Waals surface area contributed by atoms with Crippen LogP contribution >= 0.6 is 34.2 Å². The number of hydrogen-bond acceptors (Lipinski definition) is 4. The number of halogens is 2. The predicted octanol–water partition coefficient (Wildman–Crippen LogP) is 3.89. The minimum atomic E-state index is 0.557. The largest absolute Gasteiger partial charge is 0.477 e. The Kier molecular flexibility index (Phi) is 3.89. The van der Waals surface area contributed by atoms with Crippen molar-refractivity contribution in [1.29, 1.82) is 0 Å². The molecule has 4 nitrogen and oxygen atoms in total. The second kappa shape index (κ2) is 5.65. The molecule has 20 heavy (non-hydrogen) atoms. The van der Waals surface area contributed by atoms with Crippen LogP contribution in [0.3, 0.4) is 0 Å². The lowest BCUT2D eigenvalue weighted by Gasteiger charge is -2.10. The highest BCUT2D eigenvalue weighted by molar-refractivity contribution is 14.1. The summed E-state index contributed by atoms with van der Waals surface area (Å²) in [5.41, 5.74) is 3.45. The molecule has 102 valence electrons. The average molecular weight is 400 g/mol. The molecule has 2 aromatic rings. The third-order valence-electron chi connectivity index (χ3n) is 2.97. The van der Waals surface area contributed by atoms with Crippen LogP contribution < -0.4 is 4.74 Å². The van der Waals surface area contributed by atoms with Crippen LogP contribution in [0.25, 0.3) is 11.3 Å². The minimum Gasteiger partial charge on any atom is -0.477 e. The topological polar surface area (TPSA) is 47.4 Å². The normalized spacial score (nSPS) is 13.1. The van der Waals surface area contributed by atoms with Gasteiger partial charge in [-0.15, -0.1) is 0 Å². The number of aromatic nitrogens is 2. The third kappa shape index (κ3) is 2.40. The van der Waals surface area contributed by atoms with Crippen molar-refractivity contribution in [3.8, 4) is 17.1 Å². The third-order valence-corrected chi connectivity index (χ3v) is 4.16. The Morgan fingerprint density at radius 2 is 2.30 bits per heavy atom. The van der Waals surface area contributed by atoms with E-state index in [-0.39, 0.29) is 0 Å². The Morgan fingerprint density at radius 3 is 3.10 bits per heavy atom. The molecule has 0 atom stereocenters. The summed E-state index contributed by atoms with van der Waals surface area (Å²) in [6.07, 6.45) is 1.70. The number of pyridine rings is 2. The summed E-state index contributed by atoms with van der Waals surface area (Å²) in [5.74, 6) is 0.573. The van der Waals surface area contributed by atoms with Crippen LogP contribution in [0.4, 0.5) is 0 Å². The maximum atomic E-state index is 6.34. The molecular weight excluding hydrogens is 389 g/mol. The standard InChI is InChI=1S/C14H11ClIN3O/c1-2-20-14-8(4-3-5-17-14)11-6-10(15)9-7-18-13(16)12(9)19-11/h3-6H,2,7H2,1H3. The maximum Gasteiger partial charge on any atom is 0.222 e. The van der Waals surface area contributed by atoms with Crippen LogP contribution in [0.5, 0.6) is 5.88 Å². The van der Waals surface area contributed by atoms with Gasteiger partial charge in [0.1, 0.15) is 9.41 Å². The zero-order chi connectivity index (χ0) is 14.1. The van der Waals surface area contributed by atoms with Gasteiger partial charge < -0.3 is 4.74 Å². The fraction of sp³-hybridized carbons (Fsp3) is 0.214. The molecule has 0 N–H and O–H groups in total. The highest BCUT2D eigenvalue weighted by Gasteiger charge is 2.21. The number of ether oxygens (including phenoxy) is 1. The fourth-order valence-corrected chi connectivity index (χ4v) is 2.93. The Labute approximate surface area is 135 Å². The molecule has 6 heteroatoms. The van der Waals surface area contributed by atoms with E-state index < -0.39 is 0 Å². The molecule has 1 aliphatic heterocycles. The highest BCUT2D eigenvalue weighted by Crippen LogP contribution is 2.34. The van der Waals surface area contributed by atoms with Gasteiger partial charge in [0.2, 0.25) is 5.88 Å². The first-order valence-electron chi connectivity index (χ1n) is 6.18. The first kappa shape index (κ1) is 13.8. The second-order valence-electron chi connectivity index (χ2n) is 4.21. The van der Waals surface area contributed by atoms with Crippen LogP contribution in [0.15, 0.2) is 29.4 Å². The molecule has 0 aromatic carbocycles. The monoisotopic (exact) mass is 399 g/mol. The summed E-state index contributed by atoms with van der Waals surface area (Å²) in [6, 6.07) is 5.65. The lowest BCUT2D eigenvalue weighted by Crippen LogP contribution is -2.01. The summed E-state index contributed by atoms with van der Waals surface area (Å²) in [7, 11) is 0. The Morgan fingerprint density at radius 1 is 1.45 bits per heavy atom. The minimum absolute atomic E-state index is 0.557. The molecule has 0 aliphatic carbocycles. The van der Waals surface area contributed by atoms with E-state index >= 15 is 0 Å². The lowest BCUT2D eigenvalue weighted by atomic mass is 10.1. The van der Waals surface area contributed by atoms with Crippen molar-refractivity contribution in [3.63, 3.8) is 0 Å². The molecule has 0 bridgehead atoms. The average Bonchev–Trinajstić information content (AvgIpc) is 2.82. The Balaban J connectivity index is 2.14. The van der Waals surface area contributed by atoms with Gasteiger partial charge in [0.25, 0.3) is 0 Å². The van der Waals surface area contributed by atoms with Crippen LogP contribution in [-0.4, -0.2) is 20.3 Å². The molecule has 3 heterocycles. The fourth-order valence-electron chi connectivity index (χ4n) is 2.06. The molecular formula is C14H11ClIN3O. The van der Waals surface area contributed by atoms with E-state index in [0.29, 0.717) is 24.1 Å². The Hall–Kier alpha value is -1.21. The summed E-state index contributed by atoms with van der Waals surface area (Å²) in [6.45, 7) is 3.09. The van der Waals surface area contributed by atoms with Crippen molar-refractivity contribution in [2.75, 3.05) is 6.61 Å². The maximum absolute atomic E-state index is 6.34. The van der Waals surface area contributed by atoms with Gasteiger partial charge in [-0.25, -0.2) is 9.97 Å². The van der Waals surface area contributed by atoms with Gasteiger partial charge in [0, 0.05) is 11.8 Å². The van der Waals surface area contributed by atoms with E-state index in [9.17, 15) is 0 Å². The van der Waals surface area contributed by atoms with Crippen molar-refractivity contribution >= 4 is 37.9 Å². The molecule has 0 saturated carbocycles. The van der Waals surface area contributed by atoms with Crippen LogP contribution in [0.2, 0.25) is 5.02 Å². The first-order valence-corrected chi connectivity index (χ1v) is 7.64. The van der Waals surface area contributed by atoms with Crippen molar-refractivity contribution in [1.82, 2.24) is 9.97 Å². The van der Waals surface area contributed by atoms with Crippen LogP contribution in [0.1, 0.15) is 18.2 Å².